The standard InChI is InChI=1S/C15H20ClN3O4/c16-12-6-5-11(9-13(12)19(22)23)18-14(20)17-10-15(21)7-3-1-2-4-8-15/h5-6,9,21H,1-4,7-8,10H2,(H2,17,18,20). The molecule has 0 atom stereocenters. The Labute approximate surface area is 139 Å². The van der Waals surface area contributed by atoms with Gasteiger partial charge in [0.05, 0.1) is 10.5 Å². The molecule has 0 radical (unpaired) electrons. The number of benzene rings is 1. The number of amides is 2. The Morgan fingerprint density at radius 1 is 1.30 bits per heavy atom. The van der Waals surface area contributed by atoms with Crippen molar-refractivity contribution in [3.05, 3.63) is 33.3 Å². The Hall–Kier alpha value is -1.86. The molecule has 0 bridgehead atoms. The third kappa shape index (κ3) is 5.07. The van der Waals surface area contributed by atoms with Gasteiger partial charge in [0.2, 0.25) is 0 Å². The molecule has 1 saturated carbocycles. The van der Waals surface area contributed by atoms with Crippen LogP contribution in [0.1, 0.15) is 38.5 Å². The van der Waals surface area contributed by atoms with Crippen LogP contribution in [0.2, 0.25) is 5.02 Å². The van der Waals surface area contributed by atoms with Gasteiger partial charge in [0, 0.05) is 18.3 Å². The summed E-state index contributed by atoms with van der Waals surface area (Å²) in [6, 6.07) is 3.52. The summed E-state index contributed by atoms with van der Waals surface area (Å²) in [6.07, 6.45) is 5.43. The fourth-order valence-electron chi connectivity index (χ4n) is 2.71. The number of aliphatic hydroxyl groups is 1. The number of hydrogen-bond acceptors (Lipinski definition) is 4. The number of nitro groups is 1. The lowest BCUT2D eigenvalue weighted by Crippen LogP contribution is -2.44. The molecule has 0 unspecified atom stereocenters. The molecule has 2 amide bonds. The Bertz CT molecular complexity index is 586. The number of rotatable bonds is 4. The van der Waals surface area contributed by atoms with Gasteiger partial charge in [-0.1, -0.05) is 37.3 Å². The molecule has 1 aromatic rings. The first-order valence-electron chi connectivity index (χ1n) is 7.61. The van der Waals surface area contributed by atoms with Gasteiger partial charge >= 0.3 is 6.03 Å². The Balaban J connectivity index is 1.92. The molecule has 126 valence electrons. The van der Waals surface area contributed by atoms with Gasteiger partial charge in [0.15, 0.2) is 0 Å². The van der Waals surface area contributed by atoms with Gasteiger partial charge in [-0.2, -0.15) is 0 Å². The number of anilines is 1. The van der Waals surface area contributed by atoms with Crippen LogP contribution < -0.4 is 10.6 Å². The number of nitro benzene ring substituents is 1. The zero-order valence-corrected chi connectivity index (χ0v) is 13.4. The van der Waals surface area contributed by atoms with Crippen molar-refractivity contribution in [2.45, 2.75) is 44.1 Å². The van der Waals surface area contributed by atoms with E-state index in [0.717, 1.165) is 25.7 Å². The first-order chi connectivity index (χ1) is 10.9. The predicted molar refractivity (Wildman–Crippen MR) is 87.8 cm³/mol. The highest BCUT2D eigenvalue weighted by molar-refractivity contribution is 6.32. The molecule has 1 aliphatic rings. The van der Waals surface area contributed by atoms with Crippen molar-refractivity contribution in [3.63, 3.8) is 0 Å². The van der Waals surface area contributed by atoms with Crippen LogP contribution in [0, 0.1) is 10.1 Å². The maximum atomic E-state index is 11.9. The van der Waals surface area contributed by atoms with Gasteiger partial charge in [-0.3, -0.25) is 10.1 Å². The molecule has 0 heterocycles. The highest BCUT2D eigenvalue weighted by Gasteiger charge is 2.28. The van der Waals surface area contributed by atoms with E-state index in [2.05, 4.69) is 10.6 Å². The quantitative estimate of drug-likeness (QED) is 0.443. The monoisotopic (exact) mass is 341 g/mol. The van der Waals surface area contributed by atoms with E-state index in [-0.39, 0.29) is 22.9 Å². The average molecular weight is 342 g/mol. The molecule has 8 heteroatoms. The minimum absolute atomic E-state index is 0.00808. The highest BCUT2D eigenvalue weighted by atomic mass is 35.5. The van der Waals surface area contributed by atoms with E-state index in [1.165, 1.54) is 18.2 Å². The lowest BCUT2D eigenvalue weighted by Gasteiger charge is -2.26. The second kappa shape index (κ2) is 7.61. The largest absolute Gasteiger partial charge is 0.388 e. The summed E-state index contributed by atoms with van der Waals surface area (Å²) in [4.78, 5) is 22.1. The summed E-state index contributed by atoms with van der Waals surface area (Å²) in [6.45, 7) is 0.161. The van der Waals surface area contributed by atoms with Gasteiger partial charge in [-0.15, -0.1) is 0 Å². The molecule has 3 N–H and O–H groups in total. The molecule has 23 heavy (non-hydrogen) atoms. The van der Waals surface area contributed by atoms with Crippen molar-refractivity contribution in [1.29, 1.82) is 0 Å². The zero-order chi connectivity index (χ0) is 16.9. The Morgan fingerprint density at radius 2 is 1.96 bits per heavy atom. The van der Waals surface area contributed by atoms with Crippen molar-refractivity contribution in [1.82, 2.24) is 5.32 Å². The summed E-state index contributed by atoms with van der Waals surface area (Å²) in [5, 5.41) is 26.4. The van der Waals surface area contributed by atoms with Crippen LogP contribution in [0.15, 0.2) is 18.2 Å². The summed E-state index contributed by atoms with van der Waals surface area (Å²) >= 11 is 5.72. The smallest absolute Gasteiger partial charge is 0.319 e. The van der Waals surface area contributed by atoms with Crippen molar-refractivity contribution in [2.75, 3.05) is 11.9 Å². The SMILES string of the molecule is O=C(NCC1(O)CCCCCC1)Nc1ccc(Cl)c([N+](=O)[O-])c1. The Morgan fingerprint density at radius 3 is 2.57 bits per heavy atom. The van der Waals surface area contributed by atoms with Crippen molar-refractivity contribution < 1.29 is 14.8 Å². The summed E-state index contributed by atoms with van der Waals surface area (Å²) in [5.41, 5.74) is -0.877. The summed E-state index contributed by atoms with van der Waals surface area (Å²) < 4.78 is 0. The van der Waals surface area contributed by atoms with Crippen LogP contribution in [0.25, 0.3) is 0 Å². The Kier molecular flexibility index (Phi) is 5.79. The van der Waals surface area contributed by atoms with Crippen LogP contribution in [0.5, 0.6) is 0 Å². The van der Waals surface area contributed by atoms with Crippen molar-refractivity contribution in [3.8, 4) is 0 Å². The molecule has 1 fully saturated rings. The number of carbonyl (C=O) groups excluding carboxylic acids is 1. The number of carbonyl (C=O) groups is 1. The second-order valence-electron chi connectivity index (χ2n) is 5.87. The van der Waals surface area contributed by atoms with Crippen molar-refractivity contribution in [2.24, 2.45) is 0 Å². The first-order valence-corrected chi connectivity index (χ1v) is 7.99. The number of urea groups is 1. The third-order valence-corrected chi connectivity index (χ3v) is 4.33. The first kappa shape index (κ1) is 17.5. The number of nitrogens with one attached hydrogen (secondary N) is 2. The number of halogens is 1. The van der Waals surface area contributed by atoms with E-state index in [9.17, 15) is 20.0 Å². The van der Waals surface area contributed by atoms with Gasteiger partial charge in [0.1, 0.15) is 5.02 Å². The fraction of sp³-hybridized carbons (Fsp3) is 0.533. The van der Waals surface area contributed by atoms with Gasteiger partial charge < -0.3 is 15.7 Å². The van der Waals surface area contributed by atoms with E-state index < -0.39 is 16.6 Å². The van der Waals surface area contributed by atoms with E-state index >= 15 is 0 Å². The minimum Gasteiger partial charge on any atom is -0.388 e. The summed E-state index contributed by atoms with van der Waals surface area (Å²) in [7, 11) is 0. The summed E-state index contributed by atoms with van der Waals surface area (Å²) in [5.74, 6) is 0. The van der Waals surface area contributed by atoms with Crippen LogP contribution in [0.3, 0.4) is 0 Å². The molecule has 0 aliphatic heterocycles. The van der Waals surface area contributed by atoms with Gasteiger partial charge in [-0.25, -0.2) is 4.79 Å². The minimum atomic E-state index is -0.875. The molecule has 7 nitrogen and oxygen atoms in total. The molecule has 1 aliphatic carbocycles. The van der Waals surface area contributed by atoms with Crippen LogP contribution in [0.4, 0.5) is 16.2 Å². The maximum Gasteiger partial charge on any atom is 0.319 e. The topological polar surface area (TPSA) is 104 Å². The van der Waals surface area contributed by atoms with Crippen LogP contribution >= 0.6 is 11.6 Å². The van der Waals surface area contributed by atoms with E-state index in [1.54, 1.807) is 0 Å². The second-order valence-corrected chi connectivity index (χ2v) is 6.28. The average Bonchev–Trinajstić information content (AvgIpc) is 2.72. The molecular weight excluding hydrogens is 322 g/mol. The fourth-order valence-corrected chi connectivity index (χ4v) is 2.90. The van der Waals surface area contributed by atoms with E-state index in [4.69, 9.17) is 11.6 Å². The van der Waals surface area contributed by atoms with E-state index in [1.807, 2.05) is 0 Å². The highest BCUT2D eigenvalue weighted by Crippen LogP contribution is 2.28. The molecule has 1 aromatic carbocycles. The molecule has 0 spiro atoms. The lowest BCUT2D eigenvalue weighted by molar-refractivity contribution is -0.384. The normalized spacial score (nSPS) is 17.1. The van der Waals surface area contributed by atoms with Gasteiger partial charge in [-0.05, 0) is 25.0 Å². The van der Waals surface area contributed by atoms with E-state index in [0.29, 0.717) is 12.8 Å². The third-order valence-electron chi connectivity index (χ3n) is 4.01. The number of hydrogen-bond donors (Lipinski definition) is 3. The lowest BCUT2D eigenvalue weighted by atomic mass is 9.95. The molecule has 0 aromatic heterocycles. The molecule has 0 saturated heterocycles. The van der Waals surface area contributed by atoms with Crippen LogP contribution in [-0.4, -0.2) is 28.2 Å². The maximum absolute atomic E-state index is 11.9. The van der Waals surface area contributed by atoms with Gasteiger partial charge in [0.25, 0.3) is 5.69 Å². The number of nitrogens with zero attached hydrogens (tertiary/aromatic N) is 1. The predicted octanol–water partition coefficient (Wildman–Crippen LogP) is 3.46. The molecular formula is C15H20ClN3O4. The zero-order valence-electron chi connectivity index (χ0n) is 12.7. The van der Waals surface area contributed by atoms with Crippen molar-refractivity contribution >= 4 is 29.0 Å². The molecule has 2 rings (SSSR count). The van der Waals surface area contributed by atoms with Crippen LogP contribution in [-0.2, 0) is 0 Å².